The van der Waals surface area contributed by atoms with Crippen molar-refractivity contribution in [1.29, 1.82) is 5.26 Å². The van der Waals surface area contributed by atoms with E-state index in [0.29, 0.717) is 17.7 Å². The lowest BCUT2D eigenvalue weighted by Crippen LogP contribution is -2.24. The first kappa shape index (κ1) is 16.9. The van der Waals surface area contributed by atoms with Gasteiger partial charge >= 0.3 is 0 Å². The van der Waals surface area contributed by atoms with Gasteiger partial charge in [-0.2, -0.15) is 5.26 Å². The topological polar surface area (TPSA) is 44.1 Å². The van der Waals surface area contributed by atoms with Gasteiger partial charge in [0.1, 0.15) is 5.82 Å². The van der Waals surface area contributed by atoms with Crippen molar-refractivity contribution in [3.63, 3.8) is 0 Å². The molecule has 3 nitrogen and oxygen atoms in total. The van der Waals surface area contributed by atoms with Crippen molar-refractivity contribution >= 4 is 27.9 Å². The normalized spacial score (nSPS) is 10.5. The number of halogens is 2. The third-order valence-electron chi connectivity index (χ3n) is 3.24. The van der Waals surface area contributed by atoms with Gasteiger partial charge in [0, 0.05) is 29.7 Å². The molecule has 0 atom stereocenters. The number of rotatable bonds is 4. The minimum absolute atomic E-state index is 0.228. The van der Waals surface area contributed by atoms with Crippen molar-refractivity contribution in [2.45, 2.75) is 6.54 Å². The molecule has 0 aliphatic carbocycles. The molecule has 0 heterocycles. The zero-order valence-electron chi connectivity index (χ0n) is 12.5. The van der Waals surface area contributed by atoms with Crippen LogP contribution in [0.5, 0.6) is 0 Å². The first-order valence-corrected chi connectivity index (χ1v) is 7.66. The van der Waals surface area contributed by atoms with Crippen molar-refractivity contribution in [2.75, 3.05) is 7.05 Å². The molecule has 0 unspecified atom stereocenters. The Morgan fingerprint density at radius 3 is 2.65 bits per heavy atom. The van der Waals surface area contributed by atoms with Gasteiger partial charge in [0.25, 0.3) is 0 Å². The lowest BCUT2D eigenvalue weighted by Gasteiger charge is -2.15. The van der Waals surface area contributed by atoms with Crippen LogP contribution < -0.4 is 0 Å². The molecule has 0 fully saturated rings. The van der Waals surface area contributed by atoms with E-state index in [9.17, 15) is 9.18 Å². The number of amides is 1. The van der Waals surface area contributed by atoms with Gasteiger partial charge in [-0.3, -0.25) is 4.79 Å². The molecule has 2 rings (SSSR count). The molecular weight excluding hydrogens is 359 g/mol. The maximum Gasteiger partial charge on any atom is 0.246 e. The van der Waals surface area contributed by atoms with Crippen LogP contribution in [0.15, 0.2) is 53.0 Å². The van der Waals surface area contributed by atoms with Gasteiger partial charge < -0.3 is 4.90 Å². The molecule has 0 spiro atoms. The Morgan fingerprint density at radius 1 is 1.30 bits per heavy atom. The molecule has 2 aromatic carbocycles. The Morgan fingerprint density at radius 2 is 2.00 bits per heavy atom. The van der Waals surface area contributed by atoms with Crippen molar-refractivity contribution in [2.24, 2.45) is 0 Å². The third-order valence-corrected chi connectivity index (χ3v) is 3.74. The minimum atomic E-state index is -0.382. The third kappa shape index (κ3) is 4.76. The summed E-state index contributed by atoms with van der Waals surface area (Å²) in [5.74, 6) is -0.610. The Bertz CT molecular complexity index is 779. The SMILES string of the molecule is CN(Cc1ccc(C#N)cc1)C(=O)/C=C/c1cc(Br)ccc1F. The van der Waals surface area contributed by atoms with Crippen LogP contribution >= 0.6 is 15.9 Å². The Kier molecular flexibility index (Phi) is 5.67. The second-order valence-electron chi connectivity index (χ2n) is 5.00. The number of nitrogens with zero attached hydrogens (tertiary/aromatic N) is 2. The van der Waals surface area contributed by atoms with E-state index in [0.717, 1.165) is 10.0 Å². The average Bonchev–Trinajstić information content (AvgIpc) is 2.56. The summed E-state index contributed by atoms with van der Waals surface area (Å²) in [6, 6.07) is 13.6. The van der Waals surface area contributed by atoms with Gasteiger partial charge in [-0.1, -0.05) is 28.1 Å². The molecule has 0 saturated heterocycles. The van der Waals surface area contributed by atoms with E-state index in [4.69, 9.17) is 5.26 Å². The van der Waals surface area contributed by atoms with E-state index in [1.807, 2.05) is 6.07 Å². The molecule has 2 aromatic rings. The summed E-state index contributed by atoms with van der Waals surface area (Å²) in [4.78, 5) is 13.6. The number of likely N-dealkylation sites (N-methyl/N-ethyl adjacent to an activating group) is 1. The van der Waals surface area contributed by atoms with Crippen LogP contribution in [0, 0.1) is 17.1 Å². The zero-order valence-corrected chi connectivity index (χ0v) is 14.0. The predicted molar refractivity (Wildman–Crippen MR) is 90.8 cm³/mol. The Hall–Kier alpha value is -2.45. The first-order valence-electron chi connectivity index (χ1n) is 6.87. The van der Waals surface area contributed by atoms with Gasteiger partial charge in [-0.05, 0) is 42.0 Å². The number of benzene rings is 2. The number of hydrogen-bond donors (Lipinski definition) is 0. The number of carbonyl (C=O) groups excluding carboxylic acids is 1. The lowest BCUT2D eigenvalue weighted by molar-refractivity contribution is -0.125. The highest BCUT2D eigenvalue weighted by Crippen LogP contribution is 2.17. The fourth-order valence-electron chi connectivity index (χ4n) is 1.97. The highest BCUT2D eigenvalue weighted by Gasteiger charge is 2.07. The van der Waals surface area contributed by atoms with Crippen LogP contribution in [0.4, 0.5) is 4.39 Å². The summed E-state index contributed by atoms with van der Waals surface area (Å²) in [5, 5.41) is 8.76. The largest absolute Gasteiger partial charge is 0.338 e. The molecule has 0 aliphatic heterocycles. The van der Waals surface area contributed by atoms with E-state index in [1.165, 1.54) is 23.1 Å². The molecular formula is C18H14BrFN2O. The second kappa shape index (κ2) is 7.70. The monoisotopic (exact) mass is 372 g/mol. The van der Waals surface area contributed by atoms with Crippen molar-refractivity contribution in [3.8, 4) is 6.07 Å². The predicted octanol–water partition coefficient (Wildman–Crippen LogP) is 4.13. The van der Waals surface area contributed by atoms with Crippen molar-refractivity contribution in [1.82, 2.24) is 4.90 Å². The number of nitriles is 1. The molecule has 0 bridgehead atoms. The molecule has 0 aromatic heterocycles. The summed E-state index contributed by atoms with van der Waals surface area (Å²) >= 11 is 3.27. The highest BCUT2D eigenvalue weighted by molar-refractivity contribution is 9.10. The average molecular weight is 373 g/mol. The van der Waals surface area contributed by atoms with E-state index < -0.39 is 0 Å². The molecule has 1 amide bonds. The first-order chi connectivity index (χ1) is 11.0. The standard InChI is InChI=1S/C18H14BrFN2O/c1-22(12-14-4-2-13(11-21)3-5-14)18(23)9-6-15-10-16(19)7-8-17(15)20/h2-10H,12H2,1H3/b9-6+. The summed E-state index contributed by atoms with van der Waals surface area (Å²) in [6.07, 6.45) is 2.80. The maximum atomic E-state index is 13.6. The molecule has 0 saturated carbocycles. The molecule has 0 N–H and O–H groups in total. The van der Waals surface area contributed by atoms with Crippen molar-refractivity contribution < 1.29 is 9.18 Å². The van der Waals surface area contributed by atoms with Crippen molar-refractivity contribution in [3.05, 3.63) is 75.5 Å². The maximum absolute atomic E-state index is 13.6. The van der Waals surface area contributed by atoms with Gasteiger partial charge in [0.15, 0.2) is 0 Å². The van der Waals surface area contributed by atoms with Gasteiger partial charge in [-0.25, -0.2) is 4.39 Å². The second-order valence-corrected chi connectivity index (χ2v) is 5.92. The highest BCUT2D eigenvalue weighted by atomic mass is 79.9. The van der Waals surface area contributed by atoms with Gasteiger partial charge in [0.05, 0.1) is 11.6 Å². The lowest BCUT2D eigenvalue weighted by atomic mass is 10.1. The van der Waals surface area contributed by atoms with E-state index in [1.54, 1.807) is 43.4 Å². The van der Waals surface area contributed by atoms with Crippen LogP contribution in [0.1, 0.15) is 16.7 Å². The van der Waals surface area contributed by atoms with Crippen LogP contribution in [-0.4, -0.2) is 17.9 Å². The minimum Gasteiger partial charge on any atom is -0.338 e. The van der Waals surface area contributed by atoms with Crippen LogP contribution in [0.25, 0.3) is 6.08 Å². The zero-order chi connectivity index (χ0) is 16.8. The fourth-order valence-corrected chi connectivity index (χ4v) is 2.35. The Labute approximate surface area is 142 Å². The molecule has 23 heavy (non-hydrogen) atoms. The molecule has 0 aliphatic rings. The van der Waals surface area contributed by atoms with Crippen LogP contribution in [0.3, 0.4) is 0 Å². The summed E-state index contributed by atoms with van der Waals surface area (Å²) < 4.78 is 14.4. The fraction of sp³-hybridized carbons (Fsp3) is 0.111. The smallest absolute Gasteiger partial charge is 0.246 e. The van der Waals surface area contributed by atoms with E-state index in [2.05, 4.69) is 15.9 Å². The summed E-state index contributed by atoms with van der Waals surface area (Å²) in [6.45, 7) is 0.413. The summed E-state index contributed by atoms with van der Waals surface area (Å²) in [5.41, 5.74) is 1.84. The number of hydrogen-bond acceptors (Lipinski definition) is 2. The quantitative estimate of drug-likeness (QED) is 0.757. The van der Waals surface area contributed by atoms with Gasteiger partial charge in [0.2, 0.25) is 5.91 Å². The molecule has 0 radical (unpaired) electrons. The number of carbonyl (C=O) groups is 1. The van der Waals surface area contributed by atoms with Gasteiger partial charge in [-0.15, -0.1) is 0 Å². The van der Waals surface area contributed by atoms with E-state index in [-0.39, 0.29) is 11.7 Å². The molecule has 116 valence electrons. The van der Waals surface area contributed by atoms with Crippen LogP contribution in [-0.2, 0) is 11.3 Å². The van der Waals surface area contributed by atoms with E-state index >= 15 is 0 Å². The summed E-state index contributed by atoms with van der Waals surface area (Å²) in [7, 11) is 1.67. The molecule has 5 heteroatoms. The van der Waals surface area contributed by atoms with Crippen LogP contribution in [0.2, 0.25) is 0 Å². The Balaban J connectivity index is 2.03.